The number of methoxy groups -OCH3 is 2. The Morgan fingerprint density at radius 3 is 2.36 bits per heavy atom. The molecule has 8 nitrogen and oxygen atoms in total. The van der Waals surface area contributed by atoms with Gasteiger partial charge >= 0.3 is 5.97 Å². The number of aromatic carboxylic acids is 1. The molecule has 0 atom stereocenters. The van der Waals surface area contributed by atoms with Gasteiger partial charge in [0.05, 0.1) is 25.5 Å². The molecule has 0 bridgehead atoms. The number of rotatable bonds is 7. The Balaban J connectivity index is 1.84. The summed E-state index contributed by atoms with van der Waals surface area (Å²) >= 11 is 0. The Bertz CT molecular complexity index is 990. The molecule has 0 fully saturated rings. The van der Waals surface area contributed by atoms with Gasteiger partial charge < -0.3 is 25.2 Å². The first-order chi connectivity index (χ1) is 13.5. The Labute approximate surface area is 162 Å². The molecular formula is C20H20N4O4. The van der Waals surface area contributed by atoms with Crippen molar-refractivity contribution in [3.05, 3.63) is 59.8 Å². The topological polar surface area (TPSA) is 106 Å². The standard InChI is InChI=1S/C20H20N4O4/c1-12-10-18(22-14-6-4-13(5-7-14)19(25)26)24-20(21-12)23-16-11-15(27-2)8-9-17(16)28-3/h4-11H,1-3H3,(H,25,26)(H2,21,22,23,24). The van der Waals surface area contributed by atoms with Crippen molar-refractivity contribution < 1.29 is 19.4 Å². The van der Waals surface area contributed by atoms with Crippen LogP contribution in [0, 0.1) is 6.92 Å². The number of carboxylic acid groups (broad SMARTS) is 1. The molecule has 3 N–H and O–H groups in total. The minimum Gasteiger partial charge on any atom is -0.497 e. The third-order valence-corrected chi connectivity index (χ3v) is 3.91. The average molecular weight is 380 g/mol. The summed E-state index contributed by atoms with van der Waals surface area (Å²) in [6, 6.07) is 13.6. The summed E-state index contributed by atoms with van der Waals surface area (Å²) in [5.74, 6) is 1.29. The van der Waals surface area contributed by atoms with Crippen molar-refractivity contribution in [1.82, 2.24) is 9.97 Å². The van der Waals surface area contributed by atoms with Crippen LogP contribution in [0.15, 0.2) is 48.5 Å². The monoisotopic (exact) mass is 380 g/mol. The maximum Gasteiger partial charge on any atom is 0.335 e. The lowest BCUT2D eigenvalue weighted by Crippen LogP contribution is -2.04. The van der Waals surface area contributed by atoms with E-state index in [0.29, 0.717) is 34.6 Å². The number of aryl methyl sites for hydroxylation is 1. The van der Waals surface area contributed by atoms with Crippen molar-refractivity contribution in [3.63, 3.8) is 0 Å². The number of nitrogens with zero attached hydrogens (tertiary/aromatic N) is 2. The molecule has 3 rings (SSSR count). The zero-order valence-electron chi connectivity index (χ0n) is 15.7. The first-order valence-electron chi connectivity index (χ1n) is 8.43. The maximum atomic E-state index is 11.0. The van der Waals surface area contributed by atoms with Crippen LogP contribution in [0.4, 0.5) is 23.1 Å². The highest BCUT2D eigenvalue weighted by Gasteiger charge is 2.09. The van der Waals surface area contributed by atoms with Crippen LogP contribution in [0.1, 0.15) is 16.1 Å². The quantitative estimate of drug-likeness (QED) is 0.565. The van der Waals surface area contributed by atoms with Gasteiger partial charge in [-0.25, -0.2) is 9.78 Å². The van der Waals surface area contributed by atoms with Crippen LogP contribution in [0.3, 0.4) is 0 Å². The maximum absolute atomic E-state index is 11.0. The van der Waals surface area contributed by atoms with Crippen LogP contribution in [-0.4, -0.2) is 35.3 Å². The van der Waals surface area contributed by atoms with Crippen LogP contribution >= 0.6 is 0 Å². The fraction of sp³-hybridized carbons (Fsp3) is 0.150. The summed E-state index contributed by atoms with van der Waals surface area (Å²) < 4.78 is 10.6. The van der Waals surface area contributed by atoms with Crippen molar-refractivity contribution in [2.24, 2.45) is 0 Å². The fourth-order valence-electron chi connectivity index (χ4n) is 2.56. The highest BCUT2D eigenvalue weighted by Crippen LogP contribution is 2.31. The first kappa shape index (κ1) is 19.0. The van der Waals surface area contributed by atoms with E-state index >= 15 is 0 Å². The number of aromatic nitrogens is 2. The molecular weight excluding hydrogens is 360 g/mol. The van der Waals surface area contributed by atoms with Crippen molar-refractivity contribution in [3.8, 4) is 11.5 Å². The Morgan fingerprint density at radius 1 is 0.964 bits per heavy atom. The third-order valence-electron chi connectivity index (χ3n) is 3.91. The van der Waals surface area contributed by atoms with Gasteiger partial charge in [0.25, 0.3) is 0 Å². The molecule has 0 saturated heterocycles. The molecule has 0 aliphatic carbocycles. The van der Waals surface area contributed by atoms with E-state index in [1.165, 1.54) is 12.1 Å². The first-order valence-corrected chi connectivity index (χ1v) is 8.43. The van der Waals surface area contributed by atoms with Crippen LogP contribution in [0.25, 0.3) is 0 Å². The van der Waals surface area contributed by atoms with E-state index < -0.39 is 5.97 Å². The summed E-state index contributed by atoms with van der Waals surface area (Å²) in [6.45, 7) is 1.86. The molecule has 0 radical (unpaired) electrons. The second kappa shape index (κ2) is 8.26. The number of hydrogen-bond acceptors (Lipinski definition) is 7. The molecule has 0 aliphatic rings. The van der Waals surface area contributed by atoms with Crippen LogP contribution in [-0.2, 0) is 0 Å². The minimum atomic E-state index is -0.969. The van der Waals surface area contributed by atoms with Crippen LogP contribution < -0.4 is 20.1 Å². The normalized spacial score (nSPS) is 10.2. The van der Waals surface area contributed by atoms with Gasteiger partial charge in [0, 0.05) is 23.5 Å². The van der Waals surface area contributed by atoms with Crippen molar-refractivity contribution in [1.29, 1.82) is 0 Å². The van der Waals surface area contributed by atoms with Crippen molar-refractivity contribution in [2.75, 3.05) is 24.9 Å². The molecule has 0 saturated carbocycles. The highest BCUT2D eigenvalue weighted by atomic mass is 16.5. The summed E-state index contributed by atoms with van der Waals surface area (Å²) in [5.41, 5.74) is 2.36. The van der Waals surface area contributed by atoms with E-state index in [1.54, 1.807) is 50.6 Å². The molecule has 0 spiro atoms. The lowest BCUT2D eigenvalue weighted by atomic mass is 10.2. The van der Waals surface area contributed by atoms with E-state index in [9.17, 15) is 4.79 Å². The van der Waals surface area contributed by atoms with Crippen molar-refractivity contribution >= 4 is 29.1 Å². The van der Waals surface area contributed by atoms with E-state index in [-0.39, 0.29) is 5.56 Å². The molecule has 8 heteroatoms. The predicted molar refractivity (Wildman–Crippen MR) is 106 cm³/mol. The lowest BCUT2D eigenvalue weighted by Gasteiger charge is -2.13. The van der Waals surface area contributed by atoms with E-state index in [4.69, 9.17) is 14.6 Å². The van der Waals surface area contributed by atoms with Gasteiger partial charge in [-0.15, -0.1) is 0 Å². The SMILES string of the molecule is COc1ccc(OC)c(Nc2nc(C)cc(Nc3ccc(C(=O)O)cc3)n2)c1. The van der Waals surface area contributed by atoms with Gasteiger partial charge in [0.1, 0.15) is 17.3 Å². The third kappa shape index (κ3) is 4.47. The van der Waals surface area contributed by atoms with E-state index in [1.807, 2.05) is 6.92 Å². The molecule has 3 aromatic rings. The van der Waals surface area contributed by atoms with E-state index in [0.717, 1.165) is 5.69 Å². The predicted octanol–water partition coefficient (Wildman–Crippen LogP) is 3.99. The molecule has 0 amide bonds. The Hall–Kier alpha value is -3.81. The number of benzene rings is 2. The second-order valence-electron chi connectivity index (χ2n) is 5.92. The summed E-state index contributed by atoms with van der Waals surface area (Å²) in [4.78, 5) is 19.8. The van der Waals surface area contributed by atoms with Gasteiger partial charge in [-0.1, -0.05) is 0 Å². The zero-order valence-corrected chi connectivity index (χ0v) is 15.7. The average Bonchev–Trinajstić information content (AvgIpc) is 2.68. The summed E-state index contributed by atoms with van der Waals surface area (Å²) in [6.07, 6.45) is 0. The number of anilines is 4. The van der Waals surface area contributed by atoms with Gasteiger partial charge in [0.2, 0.25) is 5.95 Å². The number of ether oxygens (including phenoxy) is 2. The lowest BCUT2D eigenvalue weighted by molar-refractivity contribution is 0.0697. The Kier molecular flexibility index (Phi) is 5.59. The molecule has 144 valence electrons. The van der Waals surface area contributed by atoms with E-state index in [2.05, 4.69) is 20.6 Å². The highest BCUT2D eigenvalue weighted by molar-refractivity contribution is 5.88. The van der Waals surface area contributed by atoms with Gasteiger partial charge in [-0.3, -0.25) is 0 Å². The molecule has 28 heavy (non-hydrogen) atoms. The van der Waals surface area contributed by atoms with Gasteiger partial charge in [-0.05, 0) is 43.3 Å². The number of hydrogen-bond donors (Lipinski definition) is 3. The number of nitrogens with one attached hydrogen (secondary N) is 2. The minimum absolute atomic E-state index is 0.219. The molecule has 2 aromatic carbocycles. The zero-order chi connectivity index (χ0) is 20.1. The summed E-state index contributed by atoms with van der Waals surface area (Å²) in [5, 5.41) is 15.3. The van der Waals surface area contributed by atoms with Crippen LogP contribution in [0.5, 0.6) is 11.5 Å². The second-order valence-corrected chi connectivity index (χ2v) is 5.92. The van der Waals surface area contributed by atoms with Gasteiger partial charge in [0.15, 0.2) is 0 Å². The Morgan fingerprint density at radius 2 is 1.71 bits per heavy atom. The van der Waals surface area contributed by atoms with Gasteiger partial charge in [-0.2, -0.15) is 4.98 Å². The molecule has 0 unspecified atom stereocenters. The number of carbonyl (C=O) groups is 1. The van der Waals surface area contributed by atoms with Crippen molar-refractivity contribution in [2.45, 2.75) is 6.92 Å². The van der Waals surface area contributed by atoms with Crippen LogP contribution in [0.2, 0.25) is 0 Å². The molecule has 1 heterocycles. The smallest absolute Gasteiger partial charge is 0.335 e. The summed E-state index contributed by atoms with van der Waals surface area (Å²) in [7, 11) is 3.17. The fourth-order valence-corrected chi connectivity index (χ4v) is 2.56. The largest absolute Gasteiger partial charge is 0.497 e. The number of carboxylic acids is 1. The molecule has 0 aliphatic heterocycles. The molecule has 1 aromatic heterocycles.